The highest BCUT2D eigenvalue weighted by Gasteiger charge is 2.29. The fourth-order valence-electron chi connectivity index (χ4n) is 2.60. The summed E-state index contributed by atoms with van der Waals surface area (Å²) in [5.41, 5.74) is 0. The zero-order valence-corrected chi connectivity index (χ0v) is 13.4. The second kappa shape index (κ2) is 7.79. The van der Waals surface area contributed by atoms with Gasteiger partial charge in [-0.2, -0.15) is 0 Å². The zero-order chi connectivity index (χ0) is 12.8. The summed E-state index contributed by atoms with van der Waals surface area (Å²) in [6.45, 7) is 13.3. The molecule has 2 nitrogen and oxygen atoms in total. The molecule has 1 fully saturated rings. The smallest absolute Gasteiger partial charge is 0.461 e. The SMILES string of the molecule is CC(C)[CH2][Al]([CH2]C(C)C)[O]C(C)C1CCOC1. The predicted octanol–water partition coefficient (Wildman–Crippen LogP) is 3.73. The summed E-state index contributed by atoms with van der Waals surface area (Å²) in [4.78, 5) is 0. The molecule has 0 radical (unpaired) electrons. The molecule has 1 heterocycles. The van der Waals surface area contributed by atoms with Crippen molar-refractivity contribution in [2.75, 3.05) is 13.2 Å². The van der Waals surface area contributed by atoms with Gasteiger partial charge < -0.3 is 8.53 Å². The molecule has 1 aliphatic rings. The van der Waals surface area contributed by atoms with Crippen molar-refractivity contribution in [3.05, 3.63) is 0 Å². The quantitative estimate of drug-likeness (QED) is 0.646. The van der Waals surface area contributed by atoms with Crippen LogP contribution in [0.1, 0.15) is 41.0 Å². The van der Waals surface area contributed by atoms with Crippen LogP contribution in [0.4, 0.5) is 0 Å². The Bertz CT molecular complexity index is 190. The van der Waals surface area contributed by atoms with Crippen LogP contribution in [0.5, 0.6) is 0 Å². The van der Waals surface area contributed by atoms with Crippen LogP contribution in [0.25, 0.3) is 0 Å². The van der Waals surface area contributed by atoms with Gasteiger partial charge in [0.05, 0.1) is 6.61 Å². The Morgan fingerprint density at radius 3 is 2.12 bits per heavy atom. The Morgan fingerprint density at radius 1 is 1.12 bits per heavy atom. The molecule has 100 valence electrons. The van der Waals surface area contributed by atoms with Crippen LogP contribution in [0.15, 0.2) is 0 Å². The van der Waals surface area contributed by atoms with E-state index < -0.39 is 14.5 Å². The van der Waals surface area contributed by atoms with Crippen LogP contribution in [0, 0.1) is 17.8 Å². The highest BCUT2D eigenvalue weighted by atomic mass is 27.2. The third-order valence-corrected chi connectivity index (χ3v) is 7.26. The van der Waals surface area contributed by atoms with E-state index in [-0.39, 0.29) is 0 Å². The fraction of sp³-hybridized carbons (Fsp3) is 1.00. The lowest BCUT2D eigenvalue weighted by Gasteiger charge is -2.25. The first-order chi connectivity index (χ1) is 7.99. The summed E-state index contributed by atoms with van der Waals surface area (Å²) in [6.07, 6.45) is 1.60. The molecule has 2 unspecified atom stereocenters. The van der Waals surface area contributed by atoms with E-state index in [1.165, 1.54) is 17.0 Å². The average molecular weight is 256 g/mol. The first kappa shape index (κ1) is 15.5. The number of ether oxygens (including phenoxy) is 1. The van der Waals surface area contributed by atoms with Crippen molar-refractivity contribution in [1.82, 2.24) is 0 Å². The monoisotopic (exact) mass is 256 g/mol. The molecule has 0 aromatic heterocycles. The van der Waals surface area contributed by atoms with Gasteiger partial charge in [-0.05, 0) is 13.3 Å². The van der Waals surface area contributed by atoms with Crippen molar-refractivity contribution in [3.8, 4) is 0 Å². The van der Waals surface area contributed by atoms with Crippen molar-refractivity contribution >= 4 is 14.5 Å². The van der Waals surface area contributed by atoms with Gasteiger partial charge in [0.25, 0.3) is 0 Å². The maximum absolute atomic E-state index is 6.41. The van der Waals surface area contributed by atoms with Crippen LogP contribution in [-0.2, 0) is 8.53 Å². The van der Waals surface area contributed by atoms with Crippen molar-refractivity contribution < 1.29 is 8.53 Å². The van der Waals surface area contributed by atoms with Gasteiger partial charge in [0.2, 0.25) is 0 Å². The Balaban J connectivity index is 2.40. The summed E-state index contributed by atoms with van der Waals surface area (Å²) in [6, 6.07) is 0. The second-order valence-corrected chi connectivity index (χ2v) is 8.80. The molecule has 1 aliphatic heterocycles. The molecular weight excluding hydrogens is 227 g/mol. The molecule has 2 atom stereocenters. The molecule has 1 rings (SSSR count). The Hall–Kier alpha value is 0.452. The van der Waals surface area contributed by atoms with Gasteiger partial charge in [-0.15, -0.1) is 0 Å². The molecule has 0 N–H and O–H groups in total. The van der Waals surface area contributed by atoms with Crippen LogP contribution in [0.3, 0.4) is 0 Å². The van der Waals surface area contributed by atoms with Crippen molar-refractivity contribution in [2.24, 2.45) is 17.8 Å². The maximum atomic E-state index is 6.41. The minimum Gasteiger partial charge on any atom is -0.498 e. The summed E-state index contributed by atoms with van der Waals surface area (Å²) in [7, 11) is 0. The van der Waals surface area contributed by atoms with Crippen LogP contribution >= 0.6 is 0 Å². The molecule has 0 aliphatic carbocycles. The summed E-state index contributed by atoms with van der Waals surface area (Å²) in [5, 5.41) is 2.63. The van der Waals surface area contributed by atoms with E-state index in [0.29, 0.717) is 12.0 Å². The molecule has 3 heteroatoms. The summed E-state index contributed by atoms with van der Waals surface area (Å²) < 4.78 is 11.9. The standard InChI is InChI=1S/C6H11O2.2C4H9.Al/c1-5(7)6-2-3-8-4-6;2*1-4(2)3;/h5-6H,2-4H2,1H3;2*4H,1H2,2-3H3;/q-1;;;+1. The van der Waals surface area contributed by atoms with Crippen LogP contribution < -0.4 is 0 Å². The lowest BCUT2D eigenvalue weighted by atomic mass is 10.0. The topological polar surface area (TPSA) is 18.5 Å². The minimum atomic E-state index is -1.02. The molecule has 0 aromatic rings. The van der Waals surface area contributed by atoms with E-state index in [9.17, 15) is 0 Å². The molecule has 0 spiro atoms. The first-order valence-electron chi connectivity index (χ1n) is 7.22. The number of hydrogen-bond donors (Lipinski definition) is 0. The van der Waals surface area contributed by atoms with Gasteiger partial charge in [0.1, 0.15) is 0 Å². The van der Waals surface area contributed by atoms with E-state index >= 15 is 0 Å². The molecule has 0 aromatic carbocycles. The molecular formula is C14H29AlO2. The van der Waals surface area contributed by atoms with Crippen LogP contribution in [-0.4, -0.2) is 33.8 Å². The second-order valence-electron chi connectivity index (χ2n) is 6.35. The Labute approximate surface area is 112 Å². The summed E-state index contributed by atoms with van der Waals surface area (Å²) >= 11 is -1.02. The van der Waals surface area contributed by atoms with Crippen molar-refractivity contribution in [3.63, 3.8) is 0 Å². The van der Waals surface area contributed by atoms with E-state index in [2.05, 4.69) is 34.6 Å². The van der Waals surface area contributed by atoms with E-state index in [0.717, 1.165) is 25.0 Å². The lowest BCUT2D eigenvalue weighted by Crippen LogP contribution is -2.31. The largest absolute Gasteiger partial charge is 0.498 e. The van der Waals surface area contributed by atoms with Gasteiger partial charge >= 0.3 is 14.5 Å². The molecule has 0 saturated carbocycles. The number of rotatable bonds is 7. The lowest BCUT2D eigenvalue weighted by molar-refractivity contribution is 0.120. The van der Waals surface area contributed by atoms with E-state index in [1.807, 2.05) is 0 Å². The predicted molar refractivity (Wildman–Crippen MR) is 74.5 cm³/mol. The van der Waals surface area contributed by atoms with Gasteiger partial charge in [0.15, 0.2) is 0 Å². The third kappa shape index (κ3) is 6.25. The van der Waals surface area contributed by atoms with Gasteiger partial charge in [-0.25, -0.2) is 0 Å². The van der Waals surface area contributed by atoms with Crippen molar-refractivity contribution in [2.45, 2.75) is 57.7 Å². The zero-order valence-electron chi connectivity index (χ0n) is 12.2. The average Bonchev–Trinajstić information content (AvgIpc) is 2.67. The van der Waals surface area contributed by atoms with E-state index in [1.54, 1.807) is 0 Å². The van der Waals surface area contributed by atoms with Crippen molar-refractivity contribution in [1.29, 1.82) is 0 Å². The molecule has 1 saturated heterocycles. The van der Waals surface area contributed by atoms with Crippen LogP contribution in [0.2, 0.25) is 10.6 Å². The summed E-state index contributed by atoms with van der Waals surface area (Å²) in [5.74, 6) is 2.19. The molecule has 0 amide bonds. The number of hydrogen-bond acceptors (Lipinski definition) is 2. The van der Waals surface area contributed by atoms with E-state index in [4.69, 9.17) is 8.53 Å². The highest BCUT2D eigenvalue weighted by Crippen LogP contribution is 2.23. The fourth-order valence-corrected chi connectivity index (χ4v) is 5.94. The van der Waals surface area contributed by atoms with Gasteiger partial charge in [0, 0.05) is 18.6 Å². The minimum absolute atomic E-state index is 0.409. The third-order valence-electron chi connectivity index (χ3n) is 3.50. The maximum Gasteiger partial charge on any atom is 0.461 e. The van der Waals surface area contributed by atoms with Gasteiger partial charge in [-0.1, -0.05) is 50.1 Å². The molecule has 17 heavy (non-hydrogen) atoms. The highest BCUT2D eigenvalue weighted by molar-refractivity contribution is 6.52. The molecule has 0 bridgehead atoms. The normalized spacial score (nSPS) is 22.4. The first-order valence-corrected chi connectivity index (χ1v) is 9.32. The Morgan fingerprint density at radius 2 is 1.71 bits per heavy atom. The van der Waals surface area contributed by atoms with Gasteiger partial charge in [-0.3, -0.25) is 0 Å². The Kier molecular flexibility index (Phi) is 7.11.